The zero-order valence-corrected chi connectivity index (χ0v) is 20.0. The maximum absolute atomic E-state index is 14.3. The van der Waals surface area contributed by atoms with E-state index in [1.54, 1.807) is 41.4 Å². The minimum Gasteiger partial charge on any atom is -0.313 e. The number of likely N-dealkylation sites (tertiary alicyclic amines) is 1. The predicted molar refractivity (Wildman–Crippen MR) is 131 cm³/mol. The lowest BCUT2D eigenvalue weighted by Gasteiger charge is -2.42. The van der Waals surface area contributed by atoms with Crippen molar-refractivity contribution in [3.05, 3.63) is 71.5 Å². The van der Waals surface area contributed by atoms with Gasteiger partial charge in [-0.3, -0.25) is 24.4 Å². The molecule has 2 aromatic rings. The number of fused-ring (bicyclic) bond motifs is 3. The van der Waals surface area contributed by atoms with Gasteiger partial charge in [-0.2, -0.15) is 0 Å². The van der Waals surface area contributed by atoms with Crippen LogP contribution in [0.1, 0.15) is 17.0 Å². The van der Waals surface area contributed by atoms with Crippen LogP contribution in [0.5, 0.6) is 0 Å². The van der Waals surface area contributed by atoms with Gasteiger partial charge in [0, 0.05) is 54.7 Å². The van der Waals surface area contributed by atoms with E-state index in [1.165, 1.54) is 11.8 Å². The number of hydrogen-bond donors (Lipinski definition) is 0. The first kappa shape index (κ1) is 21.6. The van der Waals surface area contributed by atoms with Crippen LogP contribution in [0.25, 0.3) is 0 Å². The van der Waals surface area contributed by atoms with Crippen LogP contribution in [0.2, 0.25) is 5.02 Å². The van der Waals surface area contributed by atoms with Crippen molar-refractivity contribution in [1.29, 1.82) is 0 Å². The van der Waals surface area contributed by atoms with Gasteiger partial charge in [-0.15, -0.1) is 6.58 Å². The summed E-state index contributed by atoms with van der Waals surface area (Å²) in [4.78, 5) is 37.9. The molecule has 0 bridgehead atoms. The summed E-state index contributed by atoms with van der Waals surface area (Å²) in [6.07, 6.45) is 5.13. The summed E-state index contributed by atoms with van der Waals surface area (Å²) in [6.45, 7) is 4.56. The van der Waals surface area contributed by atoms with Crippen molar-refractivity contribution in [2.24, 2.45) is 0 Å². The van der Waals surface area contributed by atoms with Gasteiger partial charge in [0.15, 0.2) is 5.54 Å². The molecule has 0 radical (unpaired) electrons. The number of carbonyl (C=O) groups is 2. The first-order valence-electron chi connectivity index (χ1n) is 10.2. The van der Waals surface area contributed by atoms with Gasteiger partial charge >= 0.3 is 0 Å². The molecule has 32 heavy (non-hydrogen) atoms. The van der Waals surface area contributed by atoms with E-state index < -0.39 is 10.3 Å². The van der Waals surface area contributed by atoms with Gasteiger partial charge in [0.25, 0.3) is 5.91 Å². The molecule has 1 aromatic carbocycles. The van der Waals surface area contributed by atoms with Gasteiger partial charge in [-0.25, -0.2) is 0 Å². The van der Waals surface area contributed by atoms with E-state index >= 15 is 0 Å². The van der Waals surface area contributed by atoms with E-state index in [0.29, 0.717) is 22.4 Å². The smallest absolute Gasteiger partial charge is 0.254 e. The maximum atomic E-state index is 14.3. The molecule has 2 saturated heterocycles. The zero-order valence-electron chi connectivity index (χ0n) is 17.6. The number of halogens is 1. The summed E-state index contributed by atoms with van der Waals surface area (Å²) in [7, 11) is 3.64. The molecule has 6 nitrogen and oxygen atoms in total. The number of amides is 2. The Balaban J connectivity index is 1.85. The highest BCUT2D eigenvalue weighted by Crippen LogP contribution is 2.66. The number of carbonyl (C=O) groups excluding carboxylic acids is 2. The molecular formula is C23H21ClN4O2S2. The third-order valence-electron chi connectivity index (χ3n) is 6.81. The van der Waals surface area contributed by atoms with E-state index in [-0.39, 0.29) is 17.7 Å². The molecule has 3 atom stereocenters. The van der Waals surface area contributed by atoms with Gasteiger partial charge in [0.1, 0.15) is 9.07 Å². The molecule has 4 heterocycles. The third kappa shape index (κ3) is 2.46. The van der Waals surface area contributed by atoms with Gasteiger partial charge in [-0.05, 0) is 36.9 Å². The summed E-state index contributed by atoms with van der Waals surface area (Å²) < 4.78 is -0.754. The number of rotatable bonds is 3. The number of likely N-dealkylation sites (N-methyl/N-ethyl adjacent to an activating group) is 2. The molecule has 5 rings (SSSR count). The van der Waals surface area contributed by atoms with Crippen molar-refractivity contribution in [1.82, 2.24) is 14.8 Å². The van der Waals surface area contributed by atoms with Gasteiger partial charge in [-0.1, -0.05) is 47.7 Å². The molecule has 3 aliphatic rings. The topological polar surface area (TPSA) is 56.8 Å². The summed E-state index contributed by atoms with van der Waals surface area (Å²) >= 11 is 13.4. The lowest BCUT2D eigenvalue weighted by atomic mass is 9.72. The molecular weight excluding hydrogens is 464 g/mol. The number of benzene rings is 1. The lowest BCUT2D eigenvalue weighted by molar-refractivity contribution is -0.138. The minimum absolute atomic E-state index is 0.159. The van der Waals surface area contributed by atoms with E-state index in [9.17, 15) is 9.59 Å². The Labute approximate surface area is 201 Å². The van der Waals surface area contributed by atoms with Gasteiger partial charge in [0.2, 0.25) is 5.91 Å². The summed E-state index contributed by atoms with van der Waals surface area (Å²) in [5, 5.41) is 0.514. The quantitative estimate of drug-likeness (QED) is 0.491. The maximum Gasteiger partial charge on any atom is 0.254 e. The van der Waals surface area contributed by atoms with Crippen molar-refractivity contribution >= 4 is 57.4 Å². The van der Waals surface area contributed by atoms with Crippen LogP contribution < -0.4 is 4.90 Å². The standard InChI is InChI=1S/C23H21ClN4O2S2/c1-4-10-28-20(30)23(32-21(28)31)17(14-6-5-9-25-12-14)13-26(2)22(23)16-11-15(24)7-8-18(16)27(3)19(22)29/h4-9,11-12,17H,1,10,13H2,2-3H3/t17-,22+,23-/m0/s1. The SMILES string of the molecule is C=CCN1C(=O)[C@@]2(SC1=S)[C@H](c1cccnc1)CN(C)[C@]21C(=O)N(C)c2ccc(Cl)cc21. The van der Waals surface area contributed by atoms with Crippen LogP contribution >= 0.6 is 35.6 Å². The Bertz CT molecular complexity index is 1180. The van der Waals surface area contributed by atoms with E-state index in [4.69, 9.17) is 23.8 Å². The summed E-state index contributed by atoms with van der Waals surface area (Å²) in [5.41, 5.74) is 1.12. The number of hydrogen-bond acceptors (Lipinski definition) is 6. The summed E-state index contributed by atoms with van der Waals surface area (Å²) in [5.74, 6) is -0.651. The van der Waals surface area contributed by atoms with Crippen LogP contribution in [-0.2, 0) is 15.1 Å². The number of aromatic nitrogens is 1. The molecule has 0 N–H and O–H groups in total. The minimum atomic E-state index is -1.26. The van der Waals surface area contributed by atoms with E-state index in [2.05, 4.69) is 11.6 Å². The molecule has 2 spiro atoms. The van der Waals surface area contributed by atoms with Crippen molar-refractivity contribution < 1.29 is 9.59 Å². The zero-order chi connectivity index (χ0) is 22.8. The molecule has 0 aliphatic carbocycles. The van der Waals surface area contributed by atoms with E-state index in [0.717, 1.165) is 16.8 Å². The Hall–Kier alpha value is -2.26. The Kier molecular flexibility index (Phi) is 4.98. The molecule has 0 unspecified atom stereocenters. The van der Waals surface area contributed by atoms with Crippen molar-refractivity contribution in [2.75, 3.05) is 32.1 Å². The highest BCUT2D eigenvalue weighted by Gasteiger charge is 2.78. The average molecular weight is 485 g/mol. The number of nitrogens with zero attached hydrogens (tertiary/aromatic N) is 4. The Morgan fingerprint density at radius 2 is 2.09 bits per heavy atom. The van der Waals surface area contributed by atoms with Crippen molar-refractivity contribution in [3.8, 4) is 0 Å². The summed E-state index contributed by atoms with van der Waals surface area (Å²) in [6, 6.07) is 9.23. The number of thiocarbonyl (C=S) groups is 1. The highest BCUT2D eigenvalue weighted by molar-refractivity contribution is 8.25. The molecule has 1 aromatic heterocycles. The fourth-order valence-corrected chi connectivity index (χ4v) is 7.86. The molecule has 3 aliphatic heterocycles. The first-order valence-corrected chi connectivity index (χ1v) is 11.8. The largest absolute Gasteiger partial charge is 0.313 e. The molecule has 9 heteroatoms. The third-order valence-corrected chi connectivity index (χ3v) is 8.99. The molecule has 0 saturated carbocycles. The van der Waals surface area contributed by atoms with Crippen LogP contribution in [-0.4, -0.2) is 62.9 Å². The number of pyridine rings is 1. The molecule has 164 valence electrons. The number of thioether (sulfide) groups is 1. The number of anilines is 1. The van der Waals surface area contributed by atoms with Crippen LogP contribution in [0, 0.1) is 0 Å². The van der Waals surface area contributed by atoms with Crippen molar-refractivity contribution in [2.45, 2.75) is 16.2 Å². The fraction of sp³-hybridized carbons (Fsp3) is 0.304. The lowest BCUT2D eigenvalue weighted by Crippen LogP contribution is -2.62. The Morgan fingerprint density at radius 3 is 2.78 bits per heavy atom. The second-order valence-corrected chi connectivity index (χ2v) is 10.6. The van der Waals surface area contributed by atoms with Crippen LogP contribution in [0.3, 0.4) is 0 Å². The normalized spacial score (nSPS) is 29.6. The first-order chi connectivity index (χ1) is 15.3. The van der Waals surface area contributed by atoms with E-state index in [1.807, 2.05) is 36.2 Å². The van der Waals surface area contributed by atoms with Crippen LogP contribution in [0.15, 0.2) is 55.4 Å². The monoisotopic (exact) mass is 484 g/mol. The second kappa shape index (κ2) is 7.38. The van der Waals surface area contributed by atoms with Gasteiger partial charge < -0.3 is 4.90 Å². The molecule has 2 amide bonds. The predicted octanol–water partition coefficient (Wildman–Crippen LogP) is 3.42. The molecule has 2 fully saturated rings. The van der Waals surface area contributed by atoms with Crippen LogP contribution in [0.4, 0.5) is 5.69 Å². The fourth-order valence-electron chi connectivity index (χ4n) is 5.54. The highest BCUT2D eigenvalue weighted by atomic mass is 35.5. The average Bonchev–Trinajstić information content (AvgIpc) is 3.28. The second-order valence-electron chi connectivity index (χ2n) is 8.26. The van der Waals surface area contributed by atoms with Crippen molar-refractivity contribution in [3.63, 3.8) is 0 Å². The Morgan fingerprint density at radius 1 is 1.31 bits per heavy atom. The van der Waals surface area contributed by atoms with Gasteiger partial charge in [0.05, 0.1) is 0 Å².